The van der Waals surface area contributed by atoms with Crippen LogP contribution in [-0.4, -0.2) is 52.0 Å². The number of aromatic nitrogens is 1. The van der Waals surface area contributed by atoms with Crippen LogP contribution < -0.4 is 5.32 Å². The highest BCUT2D eigenvalue weighted by molar-refractivity contribution is 6.31. The standard InChI is InChI=1S/C30H29ClFN3O3/c1-18-23(24-15-21(31)9-12-26(24)34-18)16-27(36)35-17-25(20-7-10-22(32)11-8-20)29(37)28(35)30(38)33-14-13-19-5-3-2-4-6-19/h2-12,15,25,28-29,34,37H,13-14,16-17H2,1H3,(H,33,38)/t25-,28+,29-/m1/s1. The van der Waals surface area contributed by atoms with Crippen LogP contribution in [0.5, 0.6) is 0 Å². The molecule has 6 nitrogen and oxygen atoms in total. The number of nitrogens with zero attached hydrogens (tertiary/aromatic N) is 1. The first kappa shape index (κ1) is 25.9. The number of aliphatic hydroxyl groups is 1. The minimum atomic E-state index is -1.14. The van der Waals surface area contributed by atoms with Gasteiger partial charge in [0.1, 0.15) is 11.9 Å². The third-order valence-corrected chi connectivity index (χ3v) is 7.55. The molecule has 4 aromatic rings. The summed E-state index contributed by atoms with van der Waals surface area (Å²) in [6.07, 6.45) is -0.470. The highest BCUT2D eigenvalue weighted by Gasteiger charge is 2.47. The number of rotatable bonds is 7. The Morgan fingerprint density at radius 2 is 1.84 bits per heavy atom. The molecular formula is C30H29ClFN3O3. The van der Waals surface area contributed by atoms with Crippen molar-refractivity contribution < 1.29 is 19.1 Å². The summed E-state index contributed by atoms with van der Waals surface area (Å²) in [4.78, 5) is 31.8. The third kappa shape index (κ3) is 5.30. The fourth-order valence-corrected chi connectivity index (χ4v) is 5.49. The summed E-state index contributed by atoms with van der Waals surface area (Å²) in [5.41, 5.74) is 4.26. The van der Waals surface area contributed by atoms with E-state index in [0.717, 1.165) is 27.7 Å². The van der Waals surface area contributed by atoms with E-state index in [-0.39, 0.29) is 18.9 Å². The maximum Gasteiger partial charge on any atom is 0.245 e. The Hall–Kier alpha value is -3.68. The lowest BCUT2D eigenvalue weighted by atomic mass is 9.93. The molecule has 3 aromatic carbocycles. The molecule has 3 atom stereocenters. The predicted molar refractivity (Wildman–Crippen MR) is 146 cm³/mol. The summed E-state index contributed by atoms with van der Waals surface area (Å²) in [6, 6.07) is 20.0. The van der Waals surface area contributed by atoms with E-state index in [2.05, 4.69) is 10.3 Å². The average molecular weight is 534 g/mol. The van der Waals surface area contributed by atoms with Gasteiger partial charge in [0.25, 0.3) is 0 Å². The Kier molecular flexibility index (Phi) is 7.49. The number of benzene rings is 3. The van der Waals surface area contributed by atoms with Crippen LogP contribution in [0, 0.1) is 12.7 Å². The van der Waals surface area contributed by atoms with Crippen LogP contribution in [-0.2, 0) is 22.4 Å². The molecule has 38 heavy (non-hydrogen) atoms. The number of H-pyrrole nitrogens is 1. The first-order chi connectivity index (χ1) is 18.3. The quantitative estimate of drug-likeness (QED) is 0.326. The van der Waals surface area contributed by atoms with Crippen LogP contribution in [0.1, 0.15) is 28.3 Å². The van der Waals surface area contributed by atoms with E-state index in [1.807, 2.05) is 49.4 Å². The fraction of sp³-hybridized carbons (Fsp3) is 0.267. The number of hydrogen-bond donors (Lipinski definition) is 3. The number of nitrogens with one attached hydrogen (secondary N) is 2. The molecule has 1 saturated heterocycles. The molecule has 5 rings (SSSR count). The van der Waals surface area contributed by atoms with Gasteiger partial charge in [0, 0.05) is 40.6 Å². The molecule has 3 N–H and O–H groups in total. The molecule has 0 bridgehead atoms. The molecule has 0 saturated carbocycles. The molecular weight excluding hydrogens is 505 g/mol. The maximum atomic E-state index is 13.7. The van der Waals surface area contributed by atoms with Gasteiger partial charge in [-0.2, -0.15) is 0 Å². The average Bonchev–Trinajstić information content (AvgIpc) is 3.41. The van der Waals surface area contributed by atoms with Crippen molar-refractivity contribution in [3.63, 3.8) is 0 Å². The summed E-state index contributed by atoms with van der Waals surface area (Å²) in [5.74, 6) is -1.60. The molecule has 2 amide bonds. The highest BCUT2D eigenvalue weighted by atomic mass is 35.5. The van der Waals surface area contributed by atoms with E-state index < -0.39 is 29.8 Å². The highest BCUT2D eigenvalue weighted by Crippen LogP contribution is 2.34. The molecule has 1 aromatic heterocycles. The molecule has 8 heteroatoms. The zero-order chi connectivity index (χ0) is 26.8. The Morgan fingerprint density at radius 3 is 2.58 bits per heavy atom. The van der Waals surface area contributed by atoms with Crippen molar-refractivity contribution in [2.45, 2.75) is 37.8 Å². The van der Waals surface area contributed by atoms with Gasteiger partial charge in [-0.1, -0.05) is 54.1 Å². The SMILES string of the molecule is Cc1[nH]c2ccc(Cl)cc2c1CC(=O)N1C[C@H](c2ccc(F)cc2)[C@@H](O)[C@H]1C(=O)NCCc1ccccc1. The zero-order valence-corrected chi connectivity index (χ0v) is 21.7. The molecule has 0 aliphatic carbocycles. The van der Waals surface area contributed by atoms with Crippen molar-refractivity contribution in [2.75, 3.05) is 13.1 Å². The number of hydrogen-bond acceptors (Lipinski definition) is 3. The number of amides is 2. The normalized spacial score (nSPS) is 19.2. The smallest absolute Gasteiger partial charge is 0.245 e. The van der Waals surface area contributed by atoms with Crippen molar-refractivity contribution in [2.24, 2.45) is 0 Å². The maximum absolute atomic E-state index is 13.7. The molecule has 196 valence electrons. The van der Waals surface area contributed by atoms with Gasteiger partial charge < -0.3 is 20.3 Å². The van der Waals surface area contributed by atoms with E-state index in [1.54, 1.807) is 18.2 Å². The summed E-state index contributed by atoms with van der Waals surface area (Å²) in [5, 5.41) is 15.6. The summed E-state index contributed by atoms with van der Waals surface area (Å²) >= 11 is 6.22. The van der Waals surface area contributed by atoms with Gasteiger partial charge >= 0.3 is 0 Å². The van der Waals surface area contributed by atoms with E-state index in [0.29, 0.717) is 23.6 Å². The lowest BCUT2D eigenvalue weighted by Crippen LogP contribution is -2.51. The summed E-state index contributed by atoms with van der Waals surface area (Å²) in [7, 11) is 0. The van der Waals surface area contributed by atoms with Crippen molar-refractivity contribution in [3.8, 4) is 0 Å². The van der Waals surface area contributed by atoms with Crippen LogP contribution in [0.3, 0.4) is 0 Å². The Bertz CT molecular complexity index is 1460. The van der Waals surface area contributed by atoms with Gasteiger partial charge in [-0.15, -0.1) is 0 Å². The van der Waals surface area contributed by atoms with Gasteiger partial charge in [-0.25, -0.2) is 4.39 Å². The molecule has 2 heterocycles. The number of aliphatic hydroxyl groups excluding tert-OH is 1. The molecule has 0 radical (unpaired) electrons. The topological polar surface area (TPSA) is 85.4 Å². The molecule has 1 aliphatic rings. The van der Waals surface area contributed by atoms with Crippen LogP contribution in [0.15, 0.2) is 72.8 Å². The van der Waals surface area contributed by atoms with Crippen LogP contribution in [0.25, 0.3) is 10.9 Å². The lowest BCUT2D eigenvalue weighted by Gasteiger charge is -2.25. The third-order valence-electron chi connectivity index (χ3n) is 7.32. The van der Waals surface area contributed by atoms with Gasteiger partial charge in [0.2, 0.25) is 11.8 Å². The number of aromatic amines is 1. The minimum Gasteiger partial charge on any atom is -0.390 e. The van der Waals surface area contributed by atoms with Crippen molar-refractivity contribution in [3.05, 3.63) is 106 Å². The van der Waals surface area contributed by atoms with Crippen molar-refractivity contribution in [1.29, 1.82) is 0 Å². The second-order valence-corrected chi connectivity index (χ2v) is 10.2. The van der Waals surface area contributed by atoms with Crippen LogP contribution >= 0.6 is 11.6 Å². The minimum absolute atomic E-state index is 0.0445. The van der Waals surface area contributed by atoms with Gasteiger partial charge in [-0.3, -0.25) is 9.59 Å². The predicted octanol–water partition coefficient (Wildman–Crippen LogP) is 4.53. The van der Waals surface area contributed by atoms with Crippen molar-refractivity contribution >= 4 is 34.3 Å². The fourth-order valence-electron chi connectivity index (χ4n) is 5.32. The van der Waals surface area contributed by atoms with E-state index >= 15 is 0 Å². The summed E-state index contributed by atoms with van der Waals surface area (Å²) < 4.78 is 13.6. The second-order valence-electron chi connectivity index (χ2n) is 9.76. The number of carbonyl (C=O) groups excluding carboxylic acids is 2. The number of fused-ring (bicyclic) bond motifs is 1. The zero-order valence-electron chi connectivity index (χ0n) is 21.0. The first-order valence-electron chi connectivity index (χ1n) is 12.6. The van der Waals surface area contributed by atoms with Crippen molar-refractivity contribution in [1.82, 2.24) is 15.2 Å². The molecule has 1 fully saturated rings. The Morgan fingerprint density at radius 1 is 1.11 bits per heavy atom. The lowest BCUT2D eigenvalue weighted by molar-refractivity contribution is -0.140. The Labute approximate surface area is 225 Å². The van der Waals surface area contributed by atoms with E-state index in [1.165, 1.54) is 17.0 Å². The first-order valence-corrected chi connectivity index (χ1v) is 13.0. The number of aryl methyl sites for hydroxylation is 1. The van der Waals surface area contributed by atoms with E-state index in [9.17, 15) is 19.1 Å². The van der Waals surface area contributed by atoms with Crippen LogP contribution in [0.2, 0.25) is 5.02 Å². The number of halogens is 2. The Balaban J connectivity index is 1.39. The molecule has 1 aliphatic heterocycles. The molecule has 0 unspecified atom stereocenters. The van der Waals surface area contributed by atoms with Gasteiger partial charge in [-0.05, 0) is 60.4 Å². The monoisotopic (exact) mass is 533 g/mol. The van der Waals surface area contributed by atoms with Crippen LogP contribution in [0.4, 0.5) is 4.39 Å². The largest absolute Gasteiger partial charge is 0.390 e. The number of carbonyl (C=O) groups is 2. The van der Waals surface area contributed by atoms with E-state index in [4.69, 9.17) is 11.6 Å². The second kappa shape index (κ2) is 11.0. The summed E-state index contributed by atoms with van der Waals surface area (Å²) in [6.45, 7) is 2.41. The van der Waals surface area contributed by atoms with Gasteiger partial charge in [0.15, 0.2) is 0 Å². The van der Waals surface area contributed by atoms with Gasteiger partial charge in [0.05, 0.1) is 12.5 Å². The number of likely N-dealkylation sites (tertiary alicyclic amines) is 1. The molecule has 0 spiro atoms.